The summed E-state index contributed by atoms with van der Waals surface area (Å²) in [6, 6.07) is 15.8. The molecule has 0 saturated heterocycles. The van der Waals surface area contributed by atoms with E-state index in [1.54, 1.807) is 6.07 Å². The Kier molecular flexibility index (Phi) is 6.31. The minimum Gasteiger partial charge on any atom is -0.451 e. The Morgan fingerprint density at radius 3 is 2.42 bits per heavy atom. The molecule has 2 N–H and O–H groups in total. The van der Waals surface area contributed by atoms with Gasteiger partial charge in [0.05, 0.1) is 12.2 Å². The number of hydrogen-bond acceptors (Lipinski definition) is 4. The number of amides is 2. The number of para-hydroxylation sites is 1. The van der Waals surface area contributed by atoms with Crippen LogP contribution in [0.2, 0.25) is 0 Å². The normalized spacial score (nSPS) is 11.0. The molecule has 4 aromatic rings. The topological polar surface area (TPSA) is 89.2 Å². The number of benzene rings is 2. The second kappa shape index (κ2) is 9.32. The summed E-state index contributed by atoms with van der Waals surface area (Å²) < 4.78 is 7.61. The van der Waals surface area contributed by atoms with Crippen molar-refractivity contribution in [3.8, 4) is 0 Å². The Morgan fingerprint density at radius 2 is 1.70 bits per heavy atom. The number of carbonyl (C=O) groups is 2. The van der Waals surface area contributed by atoms with E-state index in [1.807, 2.05) is 43.7 Å². The average molecular weight is 445 g/mol. The van der Waals surface area contributed by atoms with Crippen molar-refractivity contribution in [1.82, 2.24) is 20.6 Å². The lowest BCUT2D eigenvalue weighted by atomic mass is 10.1. The summed E-state index contributed by atoms with van der Waals surface area (Å²) in [4.78, 5) is 24.9. The van der Waals surface area contributed by atoms with E-state index in [1.165, 1.54) is 11.1 Å². The summed E-state index contributed by atoms with van der Waals surface area (Å²) in [5.41, 5.74) is 11.7. The van der Waals surface area contributed by atoms with Crippen LogP contribution >= 0.6 is 0 Å². The Bertz CT molecular complexity index is 1320. The first-order valence-electron chi connectivity index (χ1n) is 11.0. The van der Waals surface area contributed by atoms with Crippen molar-refractivity contribution in [2.45, 2.75) is 47.1 Å². The highest BCUT2D eigenvalue weighted by Gasteiger charge is 2.18. The Hall–Kier alpha value is -3.87. The standard InChI is InChI=1S/C26H28N4O3/c1-16-9-11-20(12-10-16)15-30-19(4)22(18(3)29-30)13-14-24(31)27-28-26(32)25-17(2)21-7-5-6-8-23(21)33-25/h5-12H,13-15H2,1-4H3,(H,27,31)(H,28,32). The molecule has 0 aliphatic heterocycles. The van der Waals surface area contributed by atoms with Gasteiger partial charge in [0.15, 0.2) is 5.76 Å². The number of aromatic nitrogens is 2. The first-order valence-corrected chi connectivity index (χ1v) is 11.0. The van der Waals surface area contributed by atoms with Gasteiger partial charge in [0.2, 0.25) is 5.91 Å². The first kappa shape index (κ1) is 22.3. The lowest BCUT2D eigenvalue weighted by Gasteiger charge is -2.08. The van der Waals surface area contributed by atoms with Crippen LogP contribution in [0.4, 0.5) is 0 Å². The zero-order valence-electron chi connectivity index (χ0n) is 19.4. The molecular formula is C26H28N4O3. The second-order valence-electron chi connectivity index (χ2n) is 8.35. The number of nitrogens with one attached hydrogen (secondary N) is 2. The summed E-state index contributed by atoms with van der Waals surface area (Å²) in [5, 5.41) is 5.53. The van der Waals surface area contributed by atoms with E-state index in [4.69, 9.17) is 4.42 Å². The second-order valence-corrected chi connectivity index (χ2v) is 8.35. The number of nitrogens with zero attached hydrogens (tertiary/aromatic N) is 2. The predicted molar refractivity (Wildman–Crippen MR) is 127 cm³/mol. The number of carbonyl (C=O) groups excluding carboxylic acids is 2. The Morgan fingerprint density at radius 1 is 0.970 bits per heavy atom. The summed E-state index contributed by atoms with van der Waals surface area (Å²) >= 11 is 0. The zero-order chi connectivity index (χ0) is 23.5. The van der Waals surface area contributed by atoms with Crippen LogP contribution in [-0.4, -0.2) is 21.6 Å². The van der Waals surface area contributed by atoms with Gasteiger partial charge in [0, 0.05) is 23.1 Å². The molecule has 2 aromatic heterocycles. The van der Waals surface area contributed by atoms with Crippen molar-refractivity contribution in [3.05, 3.63) is 87.9 Å². The van der Waals surface area contributed by atoms with Crippen LogP contribution in [0, 0.1) is 27.7 Å². The van der Waals surface area contributed by atoms with Crippen LogP contribution in [0.3, 0.4) is 0 Å². The van der Waals surface area contributed by atoms with Crippen molar-refractivity contribution in [2.24, 2.45) is 0 Å². The highest BCUT2D eigenvalue weighted by atomic mass is 16.3. The summed E-state index contributed by atoms with van der Waals surface area (Å²) in [5.74, 6) is -0.557. The van der Waals surface area contributed by atoms with E-state index in [0.29, 0.717) is 18.5 Å². The number of aryl methyl sites for hydroxylation is 3. The Labute approximate surface area is 192 Å². The van der Waals surface area contributed by atoms with Gasteiger partial charge in [-0.1, -0.05) is 48.0 Å². The zero-order valence-corrected chi connectivity index (χ0v) is 19.4. The van der Waals surface area contributed by atoms with Gasteiger partial charge < -0.3 is 4.42 Å². The van der Waals surface area contributed by atoms with E-state index in [9.17, 15) is 9.59 Å². The number of rotatable bonds is 6. The van der Waals surface area contributed by atoms with Crippen molar-refractivity contribution in [3.63, 3.8) is 0 Å². The van der Waals surface area contributed by atoms with E-state index < -0.39 is 5.91 Å². The van der Waals surface area contributed by atoms with E-state index in [0.717, 1.165) is 27.9 Å². The van der Waals surface area contributed by atoms with Crippen molar-refractivity contribution < 1.29 is 14.0 Å². The maximum Gasteiger partial charge on any atom is 0.305 e. The molecule has 0 fully saturated rings. The van der Waals surface area contributed by atoms with Gasteiger partial charge in [-0.2, -0.15) is 5.10 Å². The lowest BCUT2D eigenvalue weighted by molar-refractivity contribution is -0.121. The highest BCUT2D eigenvalue weighted by molar-refractivity contribution is 5.99. The molecule has 170 valence electrons. The van der Waals surface area contributed by atoms with E-state index in [-0.39, 0.29) is 18.1 Å². The predicted octanol–water partition coefficient (Wildman–Crippen LogP) is 4.31. The number of furan rings is 1. The van der Waals surface area contributed by atoms with Gasteiger partial charge in [-0.15, -0.1) is 0 Å². The van der Waals surface area contributed by atoms with Crippen LogP contribution in [0.5, 0.6) is 0 Å². The number of hydrogen-bond donors (Lipinski definition) is 2. The summed E-state index contributed by atoms with van der Waals surface area (Å²) in [6.45, 7) is 8.55. The molecular weight excluding hydrogens is 416 g/mol. The third kappa shape index (κ3) is 4.82. The van der Waals surface area contributed by atoms with E-state index >= 15 is 0 Å². The molecule has 0 aliphatic rings. The Balaban J connectivity index is 1.34. The molecule has 2 amide bonds. The minimum absolute atomic E-state index is 0.195. The highest BCUT2D eigenvalue weighted by Crippen LogP contribution is 2.24. The van der Waals surface area contributed by atoms with Crippen LogP contribution in [0.25, 0.3) is 11.0 Å². The van der Waals surface area contributed by atoms with Crippen LogP contribution < -0.4 is 10.9 Å². The molecule has 7 nitrogen and oxygen atoms in total. The van der Waals surface area contributed by atoms with Crippen molar-refractivity contribution >= 4 is 22.8 Å². The van der Waals surface area contributed by atoms with Gasteiger partial charge in [-0.3, -0.25) is 25.1 Å². The van der Waals surface area contributed by atoms with Gasteiger partial charge in [-0.05, 0) is 51.3 Å². The quantitative estimate of drug-likeness (QED) is 0.434. The molecule has 0 saturated carbocycles. The minimum atomic E-state index is -0.477. The van der Waals surface area contributed by atoms with Gasteiger partial charge in [-0.25, -0.2) is 0 Å². The van der Waals surface area contributed by atoms with Gasteiger partial charge >= 0.3 is 5.91 Å². The fourth-order valence-electron chi connectivity index (χ4n) is 3.99. The number of hydrazine groups is 1. The molecule has 2 heterocycles. The van der Waals surface area contributed by atoms with Crippen LogP contribution in [-0.2, 0) is 17.8 Å². The van der Waals surface area contributed by atoms with Crippen molar-refractivity contribution in [2.75, 3.05) is 0 Å². The molecule has 0 aliphatic carbocycles. The first-order chi connectivity index (χ1) is 15.8. The molecule has 4 rings (SSSR count). The van der Waals surface area contributed by atoms with Crippen LogP contribution in [0.1, 0.15) is 50.6 Å². The maximum absolute atomic E-state index is 12.5. The largest absolute Gasteiger partial charge is 0.451 e. The smallest absolute Gasteiger partial charge is 0.305 e. The molecule has 0 unspecified atom stereocenters. The number of fused-ring (bicyclic) bond motifs is 1. The third-order valence-electron chi connectivity index (χ3n) is 5.95. The SMILES string of the molecule is Cc1ccc(Cn2nc(C)c(CCC(=O)NNC(=O)c3oc4ccccc4c3C)c2C)cc1. The average Bonchev–Trinajstić information content (AvgIpc) is 3.28. The molecule has 2 aromatic carbocycles. The summed E-state index contributed by atoms with van der Waals surface area (Å²) in [7, 11) is 0. The fraction of sp³-hybridized carbons (Fsp3) is 0.269. The summed E-state index contributed by atoms with van der Waals surface area (Å²) in [6.07, 6.45) is 0.772. The van der Waals surface area contributed by atoms with Gasteiger partial charge in [0.25, 0.3) is 0 Å². The van der Waals surface area contributed by atoms with Crippen molar-refractivity contribution in [1.29, 1.82) is 0 Å². The van der Waals surface area contributed by atoms with Gasteiger partial charge in [0.1, 0.15) is 5.58 Å². The third-order valence-corrected chi connectivity index (χ3v) is 5.95. The fourth-order valence-corrected chi connectivity index (χ4v) is 3.99. The maximum atomic E-state index is 12.5. The molecule has 0 bridgehead atoms. The monoisotopic (exact) mass is 444 g/mol. The molecule has 0 radical (unpaired) electrons. The molecule has 33 heavy (non-hydrogen) atoms. The molecule has 7 heteroatoms. The molecule has 0 atom stereocenters. The molecule has 0 spiro atoms. The van der Waals surface area contributed by atoms with Crippen LogP contribution in [0.15, 0.2) is 52.9 Å². The lowest BCUT2D eigenvalue weighted by Crippen LogP contribution is -2.41. The van der Waals surface area contributed by atoms with E-state index in [2.05, 4.69) is 47.1 Å².